The van der Waals surface area contributed by atoms with E-state index in [4.69, 9.17) is 5.10 Å². The molecule has 1 fully saturated rings. The molecule has 1 aliphatic rings. The predicted molar refractivity (Wildman–Crippen MR) is 139 cm³/mol. The monoisotopic (exact) mass is 490 g/mol. The Bertz CT molecular complexity index is 1380. The molecule has 9 heteroatoms. The summed E-state index contributed by atoms with van der Waals surface area (Å²) < 4.78 is 4.45. The maximum Gasteiger partial charge on any atom is 0.346 e. The molecule has 1 N–H and O–H groups in total. The largest absolute Gasteiger partial charge is 0.346 e. The summed E-state index contributed by atoms with van der Waals surface area (Å²) in [5.74, 6) is 1.03. The van der Waals surface area contributed by atoms with Gasteiger partial charge in [0.1, 0.15) is 5.82 Å². The van der Waals surface area contributed by atoms with E-state index in [0.717, 1.165) is 47.5 Å². The number of aromatic nitrogens is 4. The predicted octanol–water partition coefficient (Wildman–Crippen LogP) is 3.85. The van der Waals surface area contributed by atoms with Crippen molar-refractivity contribution in [1.29, 1.82) is 0 Å². The molecule has 1 amide bonds. The molecule has 3 heterocycles. The molecular weight excluding hydrogens is 460 g/mol. The van der Waals surface area contributed by atoms with Crippen molar-refractivity contribution in [3.05, 3.63) is 76.0 Å². The molecule has 182 valence electrons. The van der Waals surface area contributed by atoms with Gasteiger partial charge in [0.2, 0.25) is 5.91 Å². The lowest BCUT2D eigenvalue weighted by Crippen LogP contribution is -2.39. The Labute approximate surface area is 208 Å². The molecule has 1 saturated heterocycles. The van der Waals surface area contributed by atoms with Crippen molar-refractivity contribution in [2.75, 3.05) is 25.0 Å². The van der Waals surface area contributed by atoms with Gasteiger partial charge in [-0.15, -0.1) is 0 Å². The third kappa shape index (κ3) is 5.21. The fourth-order valence-corrected chi connectivity index (χ4v) is 5.69. The van der Waals surface area contributed by atoms with Crippen LogP contribution in [0.4, 0.5) is 5.13 Å². The van der Waals surface area contributed by atoms with Gasteiger partial charge in [-0.1, -0.05) is 47.7 Å². The molecule has 0 bridgehead atoms. The molecule has 0 atom stereocenters. The Balaban J connectivity index is 1.19. The number of piperidine rings is 1. The SMILES string of the molecule is CCn1c(C2CCN(CC(=O)Nc3nc4ccc(C)cc4s3)CC2)nn(Cc2ccccc2)c1=O. The van der Waals surface area contributed by atoms with Crippen molar-refractivity contribution in [1.82, 2.24) is 24.2 Å². The van der Waals surface area contributed by atoms with Crippen LogP contribution in [0.3, 0.4) is 0 Å². The number of likely N-dealkylation sites (tertiary alicyclic amines) is 1. The minimum absolute atomic E-state index is 0.0446. The highest BCUT2D eigenvalue weighted by Crippen LogP contribution is 2.28. The number of nitrogens with one attached hydrogen (secondary N) is 1. The molecule has 0 spiro atoms. The molecule has 2 aromatic carbocycles. The van der Waals surface area contributed by atoms with Gasteiger partial charge >= 0.3 is 5.69 Å². The maximum absolute atomic E-state index is 12.9. The molecule has 5 rings (SSSR count). The number of amides is 1. The van der Waals surface area contributed by atoms with Crippen molar-refractivity contribution >= 4 is 32.6 Å². The van der Waals surface area contributed by atoms with E-state index in [1.54, 1.807) is 9.25 Å². The molecule has 35 heavy (non-hydrogen) atoms. The van der Waals surface area contributed by atoms with Gasteiger partial charge in [-0.3, -0.25) is 14.3 Å². The number of carbonyl (C=O) groups is 1. The maximum atomic E-state index is 12.9. The minimum atomic E-state index is -0.0563. The molecule has 0 radical (unpaired) electrons. The molecular formula is C26H30N6O2S. The standard InChI is InChI=1S/C26H30N6O2S/c1-3-31-24(29-32(26(31)34)16-19-7-5-4-6-8-19)20-11-13-30(14-12-20)17-23(33)28-25-27-21-10-9-18(2)15-22(21)35-25/h4-10,15,20H,3,11-14,16-17H2,1-2H3,(H,27,28,33). The van der Waals surface area contributed by atoms with Crippen LogP contribution in [0.2, 0.25) is 0 Å². The zero-order valence-electron chi connectivity index (χ0n) is 20.1. The van der Waals surface area contributed by atoms with Gasteiger partial charge in [-0.2, -0.15) is 5.10 Å². The van der Waals surface area contributed by atoms with Crippen molar-refractivity contribution in [2.24, 2.45) is 0 Å². The Hall–Kier alpha value is -3.30. The Morgan fingerprint density at radius 1 is 1.14 bits per heavy atom. The molecule has 8 nitrogen and oxygen atoms in total. The van der Waals surface area contributed by atoms with E-state index < -0.39 is 0 Å². The van der Waals surface area contributed by atoms with Gasteiger partial charge in [0.25, 0.3) is 0 Å². The number of hydrogen-bond donors (Lipinski definition) is 1. The minimum Gasteiger partial charge on any atom is -0.301 e. The second-order valence-corrected chi connectivity index (χ2v) is 10.1. The summed E-state index contributed by atoms with van der Waals surface area (Å²) in [5, 5.41) is 8.33. The summed E-state index contributed by atoms with van der Waals surface area (Å²) in [4.78, 5) is 32.3. The topological polar surface area (TPSA) is 85.1 Å². The lowest BCUT2D eigenvalue weighted by Gasteiger charge is -2.30. The van der Waals surface area contributed by atoms with Gasteiger partial charge < -0.3 is 5.32 Å². The van der Waals surface area contributed by atoms with Crippen molar-refractivity contribution in [3.8, 4) is 0 Å². The number of hydrogen-bond acceptors (Lipinski definition) is 6. The summed E-state index contributed by atoms with van der Waals surface area (Å²) in [7, 11) is 0. The lowest BCUT2D eigenvalue weighted by atomic mass is 9.96. The fraction of sp³-hybridized carbons (Fsp3) is 0.385. The van der Waals surface area contributed by atoms with Gasteiger partial charge in [-0.05, 0) is 63.0 Å². The van der Waals surface area contributed by atoms with Crippen LogP contribution in [0.5, 0.6) is 0 Å². The van der Waals surface area contributed by atoms with Crippen molar-refractivity contribution in [2.45, 2.75) is 45.7 Å². The molecule has 0 unspecified atom stereocenters. The summed E-state index contributed by atoms with van der Waals surface area (Å²) in [5.41, 5.74) is 3.09. The first-order valence-electron chi connectivity index (χ1n) is 12.1. The number of anilines is 1. The van der Waals surface area contributed by atoms with Crippen molar-refractivity contribution in [3.63, 3.8) is 0 Å². The Morgan fingerprint density at radius 2 is 1.91 bits per heavy atom. The highest BCUT2D eigenvalue weighted by Gasteiger charge is 2.27. The van der Waals surface area contributed by atoms with Crippen LogP contribution < -0.4 is 11.0 Å². The number of rotatable bonds is 7. The number of nitrogens with zero attached hydrogens (tertiary/aromatic N) is 5. The molecule has 0 aliphatic carbocycles. The highest BCUT2D eigenvalue weighted by atomic mass is 32.1. The van der Waals surface area contributed by atoms with Gasteiger partial charge in [0.15, 0.2) is 5.13 Å². The van der Waals surface area contributed by atoms with Crippen LogP contribution in [0, 0.1) is 6.92 Å². The first kappa shape index (κ1) is 23.4. The zero-order chi connectivity index (χ0) is 24.4. The van der Waals surface area contributed by atoms with Crippen LogP contribution in [-0.4, -0.2) is 49.8 Å². The van der Waals surface area contributed by atoms with E-state index in [0.29, 0.717) is 24.8 Å². The third-order valence-corrected chi connectivity index (χ3v) is 7.49. The van der Waals surface area contributed by atoms with E-state index in [9.17, 15) is 9.59 Å². The average Bonchev–Trinajstić information content (AvgIpc) is 3.39. The first-order chi connectivity index (χ1) is 17.0. The van der Waals surface area contributed by atoms with Crippen LogP contribution in [-0.2, 0) is 17.9 Å². The summed E-state index contributed by atoms with van der Waals surface area (Å²) in [6, 6.07) is 16.0. The number of fused-ring (bicyclic) bond motifs is 1. The lowest BCUT2D eigenvalue weighted by molar-refractivity contribution is -0.117. The third-order valence-electron chi connectivity index (χ3n) is 6.55. The summed E-state index contributed by atoms with van der Waals surface area (Å²) >= 11 is 1.50. The second-order valence-electron chi connectivity index (χ2n) is 9.12. The number of thiazole rings is 1. The molecule has 0 saturated carbocycles. The van der Waals surface area contributed by atoms with Crippen LogP contribution >= 0.6 is 11.3 Å². The van der Waals surface area contributed by atoms with Gasteiger partial charge in [0.05, 0.1) is 23.3 Å². The van der Waals surface area contributed by atoms with E-state index in [1.807, 2.05) is 49.4 Å². The highest BCUT2D eigenvalue weighted by molar-refractivity contribution is 7.22. The van der Waals surface area contributed by atoms with Gasteiger partial charge in [0, 0.05) is 12.5 Å². The smallest absolute Gasteiger partial charge is 0.301 e. The van der Waals surface area contributed by atoms with Crippen LogP contribution in [0.15, 0.2) is 53.3 Å². The summed E-state index contributed by atoms with van der Waals surface area (Å²) in [6.45, 7) is 7.04. The van der Waals surface area contributed by atoms with Gasteiger partial charge in [-0.25, -0.2) is 14.5 Å². The zero-order valence-corrected chi connectivity index (χ0v) is 20.9. The number of aryl methyl sites for hydroxylation is 1. The van der Waals surface area contributed by atoms with E-state index in [-0.39, 0.29) is 17.5 Å². The number of benzene rings is 2. The molecule has 4 aromatic rings. The second kappa shape index (κ2) is 10.1. The number of carbonyl (C=O) groups excluding carboxylic acids is 1. The average molecular weight is 491 g/mol. The summed E-state index contributed by atoms with van der Waals surface area (Å²) in [6.07, 6.45) is 1.74. The normalized spacial score (nSPS) is 15.0. The van der Waals surface area contributed by atoms with E-state index in [1.165, 1.54) is 16.9 Å². The quantitative estimate of drug-likeness (QED) is 0.425. The van der Waals surface area contributed by atoms with E-state index in [2.05, 4.69) is 28.2 Å². The van der Waals surface area contributed by atoms with Crippen molar-refractivity contribution < 1.29 is 4.79 Å². The molecule has 1 aliphatic heterocycles. The first-order valence-corrected chi connectivity index (χ1v) is 12.9. The fourth-order valence-electron chi connectivity index (χ4n) is 4.71. The Morgan fingerprint density at radius 3 is 2.66 bits per heavy atom. The van der Waals surface area contributed by atoms with E-state index >= 15 is 0 Å². The van der Waals surface area contributed by atoms with Crippen LogP contribution in [0.1, 0.15) is 42.6 Å². The Kier molecular flexibility index (Phi) is 6.79. The molecule has 2 aromatic heterocycles. The van der Waals surface area contributed by atoms with Crippen LogP contribution in [0.25, 0.3) is 10.2 Å².